The Hall–Kier alpha value is -1.75. The molecule has 0 aliphatic carbocycles. The lowest BCUT2D eigenvalue weighted by atomic mass is 9.99. The molecule has 5 nitrogen and oxygen atoms in total. The van der Waals surface area contributed by atoms with E-state index in [-0.39, 0.29) is 13.2 Å². The maximum absolute atomic E-state index is 11.9. The molecule has 0 N–H and O–H groups in total. The second-order valence-electron chi connectivity index (χ2n) is 3.83. The standard InChI is InChI=1S/C14H17ClO5/c1-4-19-13(16)12(14(17)20-5-2)9-6-7-11(18-3)10(15)8-9/h6-8,12H,4-5H2,1-3H3. The number of hydrogen-bond acceptors (Lipinski definition) is 5. The van der Waals surface area contributed by atoms with Gasteiger partial charge in [0.25, 0.3) is 0 Å². The number of ether oxygens (including phenoxy) is 3. The molecule has 0 bridgehead atoms. The summed E-state index contributed by atoms with van der Waals surface area (Å²) in [5, 5.41) is 0.309. The van der Waals surface area contributed by atoms with E-state index in [9.17, 15) is 9.59 Å². The van der Waals surface area contributed by atoms with Crippen LogP contribution in [0.3, 0.4) is 0 Å². The summed E-state index contributed by atoms with van der Waals surface area (Å²) in [6.45, 7) is 3.69. The van der Waals surface area contributed by atoms with E-state index in [0.29, 0.717) is 16.3 Å². The van der Waals surface area contributed by atoms with Crippen molar-refractivity contribution in [3.05, 3.63) is 28.8 Å². The lowest BCUT2D eigenvalue weighted by Crippen LogP contribution is -2.26. The van der Waals surface area contributed by atoms with Crippen molar-refractivity contribution in [1.29, 1.82) is 0 Å². The Balaban J connectivity index is 3.12. The van der Waals surface area contributed by atoms with E-state index in [2.05, 4.69) is 0 Å². The molecule has 0 aromatic heterocycles. The molecule has 0 radical (unpaired) electrons. The number of rotatable bonds is 6. The fourth-order valence-electron chi connectivity index (χ4n) is 1.68. The van der Waals surface area contributed by atoms with E-state index in [1.807, 2.05) is 0 Å². The van der Waals surface area contributed by atoms with Crippen molar-refractivity contribution in [2.45, 2.75) is 19.8 Å². The molecule has 0 spiro atoms. The van der Waals surface area contributed by atoms with Crippen LogP contribution in [0, 0.1) is 0 Å². The van der Waals surface area contributed by atoms with Gasteiger partial charge in [0.2, 0.25) is 0 Å². The molecule has 0 heterocycles. The minimum atomic E-state index is -1.14. The van der Waals surface area contributed by atoms with E-state index in [0.717, 1.165) is 0 Å². The number of methoxy groups -OCH3 is 1. The van der Waals surface area contributed by atoms with Gasteiger partial charge in [0.15, 0.2) is 5.92 Å². The first-order valence-electron chi connectivity index (χ1n) is 6.21. The van der Waals surface area contributed by atoms with Gasteiger partial charge in [-0.3, -0.25) is 9.59 Å². The van der Waals surface area contributed by atoms with Gasteiger partial charge in [0.05, 0.1) is 25.3 Å². The summed E-state index contributed by atoms with van der Waals surface area (Å²) in [6.07, 6.45) is 0. The van der Waals surface area contributed by atoms with E-state index >= 15 is 0 Å². The average molecular weight is 301 g/mol. The Labute approximate surface area is 122 Å². The smallest absolute Gasteiger partial charge is 0.324 e. The van der Waals surface area contributed by atoms with Crippen molar-refractivity contribution >= 4 is 23.5 Å². The number of esters is 2. The zero-order valence-corrected chi connectivity index (χ0v) is 12.4. The van der Waals surface area contributed by atoms with Crippen molar-refractivity contribution in [3.63, 3.8) is 0 Å². The van der Waals surface area contributed by atoms with E-state index in [1.165, 1.54) is 13.2 Å². The summed E-state index contributed by atoms with van der Waals surface area (Å²) in [6, 6.07) is 4.67. The van der Waals surface area contributed by atoms with E-state index in [4.69, 9.17) is 25.8 Å². The zero-order valence-electron chi connectivity index (χ0n) is 11.6. The van der Waals surface area contributed by atoms with Crippen molar-refractivity contribution in [2.24, 2.45) is 0 Å². The Kier molecular flexibility index (Phi) is 6.31. The molecule has 0 unspecified atom stereocenters. The third kappa shape index (κ3) is 3.87. The van der Waals surface area contributed by atoms with Crippen molar-refractivity contribution in [1.82, 2.24) is 0 Å². The van der Waals surface area contributed by atoms with Crippen LogP contribution in [0.25, 0.3) is 0 Å². The number of carbonyl (C=O) groups is 2. The molecule has 0 amide bonds. The number of halogens is 1. The third-order valence-electron chi connectivity index (χ3n) is 2.55. The monoisotopic (exact) mass is 300 g/mol. The van der Waals surface area contributed by atoms with Gasteiger partial charge in [-0.2, -0.15) is 0 Å². The summed E-state index contributed by atoms with van der Waals surface area (Å²) in [4.78, 5) is 23.9. The Morgan fingerprint density at radius 3 is 2.10 bits per heavy atom. The molecule has 0 aliphatic rings. The highest BCUT2D eigenvalue weighted by Crippen LogP contribution is 2.29. The molecule has 6 heteroatoms. The molecule has 0 aliphatic heterocycles. The van der Waals surface area contributed by atoms with Gasteiger partial charge < -0.3 is 14.2 Å². The molecule has 0 atom stereocenters. The van der Waals surface area contributed by atoms with Crippen LogP contribution < -0.4 is 4.74 Å². The molecular formula is C14H17ClO5. The summed E-state index contributed by atoms with van der Waals surface area (Å²) >= 11 is 6.01. The predicted octanol–water partition coefficient (Wildman–Crippen LogP) is 2.56. The molecule has 20 heavy (non-hydrogen) atoms. The van der Waals surface area contributed by atoms with E-state index < -0.39 is 17.9 Å². The topological polar surface area (TPSA) is 61.8 Å². The summed E-state index contributed by atoms with van der Waals surface area (Å²) in [7, 11) is 1.48. The zero-order chi connectivity index (χ0) is 15.1. The van der Waals surface area contributed by atoms with Gasteiger partial charge >= 0.3 is 11.9 Å². The van der Waals surface area contributed by atoms with Crippen LogP contribution in [0.2, 0.25) is 5.02 Å². The van der Waals surface area contributed by atoms with E-state index in [1.54, 1.807) is 26.0 Å². The quantitative estimate of drug-likeness (QED) is 0.597. The first kappa shape index (κ1) is 16.3. The minimum Gasteiger partial charge on any atom is -0.495 e. The number of hydrogen-bond donors (Lipinski definition) is 0. The van der Waals surface area contributed by atoms with Gasteiger partial charge in [-0.1, -0.05) is 17.7 Å². The van der Waals surface area contributed by atoms with Gasteiger partial charge in [-0.05, 0) is 31.5 Å². The predicted molar refractivity (Wildman–Crippen MR) is 74.0 cm³/mol. The summed E-state index contributed by atoms with van der Waals surface area (Å²) in [5.41, 5.74) is 0.410. The second-order valence-corrected chi connectivity index (χ2v) is 4.24. The van der Waals surface area contributed by atoms with Crippen LogP contribution in [-0.2, 0) is 19.1 Å². The van der Waals surface area contributed by atoms with Crippen LogP contribution in [-0.4, -0.2) is 32.3 Å². The minimum absolute atomic E-state index is 0.179. The van der Waals surface area contributed by atoms with Gasteiger partial charge in [-0.25, -0.2) is 0 Å². The normalized spacial score (nSPS) is 10.2. The molecular weight excluding hydrogens is 284 g/mol. The Bertz CT molecular complexity index is 468. The van der Waals surface area contributed by atoms with Crippen LogP contribution >= 0.6 is 11.6 Å². The van der Waals surface area contributed by atoms with Crippen molar-refractivity contribution in [2.75, 3.05) is 20.3 Å². The largest absolute Gasteiger partial charge is 0.495 e. The first-order valence-corrected chi connectivity index (χ1v) is 6.59. The summed E-state index contributed by atoms with van der Waals surface area (Å²) in [5.74, 6) is -2.00. The maximum atomic E-state index is 11.9. The lowest BCUT2D eigenvalue weighted by molar-refractivity contribution is -0.156. The SMILES string of the molecule is CCOC(=O)C(C(=O)OCC)c1ccc(OC)c(Cl)c1. The number of benzene rings is 1. The van der Waals surface area contributed by atoms with Crippen LogP contribution in [0.5, 0.6) is 5.75 Å². The molecule has 0 fully saturated rings. The fourth-order valence-corrected chi connectivity index (χ4v) is 1.95. The molecule has 0 saturated heterocycles. The van der Waals surface area contributed by atoms with Gasteiger partial charge in [0.1, 0.15) is 5.75 Å². The fraction of sp³-hybridized carbons (Fsp3) is 0.429. The lowest BCUT2D eigenvalue weighted by Gasteiger charge is -2.15. The Morgan fingerprint density at radius 2 is 1.70 bits per heavy atom. The number of carbonyl (C=O) groups excluding carboxylic acids is 2. The molecule has 1 rings (SSSR count). The molecule has 0 saturated carbocycles. The highest BCUT2D eigenvalue weighted by molar-refractivity contribution is 6.32. The third-order valence-corrected chi connectivity index (χ3v) is 2.85. The molecule has 1 aromatic rings. The van der Waals surface area contributed by atoms with Crippen molar-refractivity contribution < 1.29 is 23.8 Å². The average Bonchev–Trinajstić information content (AvgIpc) is 2.40. The van der Waals surface area contributed by atoms with Crippen LogP contribution in [0.1, 0.15) is 25.3 Å². The van der Waals surface area contributed by atoms with Crippen molar-refractivity contribution in [3.8, 4) is 5.75 Å². The maximum Gasteiger partial charge on any atom is 0.324 e. The Morgan fingerprint density at radius 1 is 1.15 bits per heavy atom. The molecule has 110 valence electrons. The highest BCUT2D eigenvalue weighted by Gasteiger charge is 2.31. The highest BCUT2D eigenvalue weighted by atomic mass is 35.5. The molecule has 1 aromatic carbocycles. The summed E-state index contributed by atoms with van der Waals surface area (Å²) < 4.78 is 14.8. The van der Waals surface area contributed by atoms with Gasteiger partial charge in [0, 0.05) is 0 Å². The van der Waals surface area contributed by atoms with Gasteiger partial charge in [-0.15, -0.1) is 0 Å². The second kappa shape index (κ2) is 7.75. The van der Waals surface area contributed by atoms with Crippen LogP contribution in [0.4, 0.5) is 0 Å². The first-order chi connectivity index (χ1) is 9.54. The van der Waals surface area contributed by atoms with Crippen LogP contribution in [0.15, 0.2) is 18.2 Å².